The molecule has 0 radical (unpaired) electrons. The first-order valence-electron chi connectivity index (χ1n) is 5.01. The standard InChI is InChI=1S/C11H7BrF6O2/c1-20-7(19)4-5-2-3-6(10(13,14)15)9(12)8(5)11(16,17)18/h2-3H,4H2,1H3. The maximum absolute atomic E-state index is 12.9. The fraction of sp³-hybridized carbons (Fsp3) is 0.364. The zero-order valence-electron chi connectivity index (χ0n) is 9.82. The Bertz CT molecular complexity index is 521. The second-order valence-electron chi connectivity index (χ2n) is 3.71. The molecule has 0 spiro atoms. The highest BCUT2D eigenvalue weighted by Gasteiger charge is 2.42. The molecule has 0 aliphatic heterocycles. The Morgan fingerprint density at radius 1 is 1.15 bits per heavy atom. The Hall–Kier alpha value is -1.25. The molecule has 0 atom stereocenters. The molecule has 0 N–H and O–H groups in total. The lowest BCUT2D eigenvalue weighted by atomic mass is 10.0. The molecule has 0 aliphatic rings. The summed E-state index contributed by atoms with van der Waals surface area (Å²) in [6, 6.07) is 1.10. The van der Waals surface area contributed by atoms with Gasteiger partial charge in [-0.1, -0.05) is 6.07 Å². The molecule has 20 heavy (non-hydrogen) atoms. The van der Waals surface area contributed by atoms with Gasteiger partial charge in [0.25, 0.3) is 0 Å². The van der Waals surface area contributed by atoms with Crippen LogP contribution >= 0.6 is 15.9 Å². The number of esters is 1. The summed E-state index contributed by atoms with van der Waals surface area (Å²) in [4.78, 5) is 11.0. The Morgan fingerprint density at radius 3 is 2.10 bits per heavy atom. The van der Waals surface area contributed by atoms with Gasteiger partial charge in [-0.15, -0.1) is 0 Å². The molecule has 1 aromatic carbocycles. The van der Waals surface area contributed by atoms with Crippen LogP contribution in [0.2, 0.25) is 0 Å². The van der Waals surface area contributed by atoms with Gasteiger partial charge in [0, 0.05) is 4.47 Å². The number of rotatable bonds is 2. The molecule has 1 aromatic rings. The summed E-state index contributed by atoms with van der Waals surface area (Å²) in [6.45, 7) is 0. The second kappa shape index (κ2) is 5.63. The quantitative estimate of drug-likeness (QED) is 0.580. The van der Waals surface area contributed by atoms with Crippen molar-refractivity contribution in [2.45, 2.75) is 18.8 Å². The lowest BCUT2D eigenvalue weighted by Crippen LogP contribution is -2.17. The van der Waals surface area contributed by atoms with E-state index in [9.17, 15) is 31.1 Å². The Labute approximate surface area is 117 Å². The first-order valence-corrected chi connectivity index (χ1v) is 5.80. The van der Waals surface area contributed by atoms with E-state index >= 15 is 0 Å². The molecule has 0 amide bonds. The number of hydrogen-bond donors (Lipinski definition) is 0. The fourth-order valence-corrected chi connectivity index (χ4v) is 2.35. The molecule has 0 fully saturated rings. The monoisotopic (exact) mass is 364 g/mol. The number of methoxy groups -OCH3 is 1. The van der Waals surface area contributed by atoms with Gasteiger partial charge in [-0.05, 0) is 27.6 Å². The van der Waals surface area contributed by atoms with E-state index in [0.717, 1.165) is 7.11 Å². The summed E-state index contributed by atoms with van der Waals surface area (Å²) in [6.07, 6.45) is -10.8. The van der Waals surface area contributed by atoms with Gasteiger partial charge in [0.2, 0.25) is 0 Å². The molecule has 0 unspecified atom stereocenters. The van der Waals surface area contributed by atoms with E-state index in [1.54, 1.807) is 0 Å². The van der Waals surface area contributed by atoms with Gasteiger partial charge < -0.3 is 4.74 Å². The summed E-state index contributed by atoms with van der Waals surface area (Å²) in [7, 11) is 0.967. The normalized spacial score (nSPS) is 12.4. The summed E-state index contributed by atoms with van der Waals surface area (Å²) in [5, 5.41) is 0. The van der Waals surface area contributed by atoms with Crippen molar-refractivity contribution in [3.63, 3.8) is 0 Å². The van der Waals surface area contributed by atoms with E-state index in [1.165, 1.54) is 0 Å². The smallest absolute Gasteiger partial charge is 0.417 e. The summed E-state index contributed by atoms with van der Waals surface area (Å²) < 4.78 is 79.5. The average Bonchev–Trinajstić information content (AvgIpc) is 2.25. The number of alkyl halides is 6. The van der Waals surface area contributed by atoms with Crippen molar-refractivity contribution in [3.8, 4) is 0 Å². The van der Waals surface area contributed by atoms with Crippen LogP contribution in [0.4, 0.5) is 26.3 Å². The molecule has 112 valence electrons. The van der Waals surface area contributed by atoms with Gasteiger partial charge in [0.05, 0.1) is 24.7 Å². The molecule has 9 heteroatoms. The van der Waals surface area contributed by atoms with Crippen LogP contribution in [0.25, 0.3) is 0 Å². The summed E-state index contributed by atoms with van der Waals surface area (Å²) in [5.74, 6) is -0.984. The van der Waals surface area contributed by atoms with Crippen LogP contribution in [0.1, 0.15) is 16.7 Å². The second-order valence-corrected chi connectivity index (χ2v) is 4.50. The van der Waals surface area contributed by atoms with Gasteiger partial charge in [-0.2, -0.15) is 26.3 Å². The highest BCUT2D eigenvalue weighted by molar-refractivity contribution is 9.10. The minimum Gasteiger partial charge on any atom is -0.469 e. The molecule has 0 heterocycles. The molecular formula is C11H7BrF6O2. The molecule has 0 aromatic heterocycles. The first-order chi connectivity index (χ1) is 8.98. The number of carbonyl (C=O) groups excluding carboxylic acids is 1. The molecule has 1 rings (SSSR count). The van der Waals surface area contributed by atoms with Crippen molar-refractivity contribution in [3.05, 3.63) is 33.3 Å². The molecule has 0 bridgehead atoms. The van der Waals surface area contributed by atoms with E-state index in [2.05, 4.69) is 20.7 Å². The van der Waals surface area contributed by atoms with Gasteiger partial charge in [-0.25, -0.2) is 0 Å². The molecule has 0 saturated carbocycles. The van der Waals surface area contributed by atoms with Gasteiger partial charge >= 0.3 is 18.3 Å². The minimum atomic E-state index is -5.04. The Kier molecular flexibility index (Phi) is 4.73. The molecule has 0 aliphatic carbocycles. The molecular weight excluding hydrogens is 358 g/mol. The lowest BCUT2D eigenvalue weighted by Gasteiger charge is -2.18. The summed E-state index contributed by atoms with van der Waals surface area (Å²) >= 11 is 2.32. The number of ether oxygens (including phenoxy) is 1. The SMILES string of the molecule is COC(=O)Cc1ccc(C(F)(F)F)c(Br)c1C(F)(F)F. The van der Waals surface area contributed by atoms with Crippen LogP contribution in [0.15, 0.2) is 16.6 Å². The average molecular weight is 365 g/mol. The first kappa shape index (κ1) is 16.8. The predicted octanol–water partition coefficient (Wildman–Crippen LogP) is 4.20. The third kappa shape index (κ3) is 3.65. The van der Waals surface area contributed by atoms with Crippen LogP contribution in [-0.4, -0.2) is 13.1 Å². The van der Waals surface area contributed by atoms with E-state index in [4.69, 9.17) is 0 Å². The van der Waals surface area contributed by atoms with Crippen molar-refractivity contribution in [2.24, 2.45) is 0 Å². The van der Waals surface area contributed by atoms with Crippen LogP contribution in [0.3, 0.4) is 0 Å². The van der Waals surface area contributed by atoms with Crippen molar-refractivity contribution in [2.75, 3.05) is 7.11 Å². The number of hydrogen-bond acceptors (Lipinski definition) is 2. The highest BCUT2D eigenvalue weighted by Crippen LogP contribution is 2.44. The topological polar surface area (TPSA) is 26.3 Å². The Morgan fingerprint density at radius 2 is 1.70 bits per heavy atom. The van der Waals surface area contributed by atoms with Gasteiger partial charge in [-0.3, -0.25) is 4.79 Å². The number of benzene rings is 1. The minimum absolute atomic E-state index is 0.484. The molecule has 2 nitrogen and oxygen atoms in total. The van der Waals surface area contributed by atoms with Crippen LogP contribution in [-0.2, 0) is 28.3 Å². The maximum atomic E-state index is 12.9. The van der Waals surface area contributed by atoms with E-state index in [0.29, 0.717) is 12.1 Å². The summed E-state index contributed by atoms with van der Waals surface area (Å²) in [5.41, 5.74) is -3.58. The largest absolute Gasteiger partial charge is 0.469 e. The predicted molar refractivity (Wildman–Crippen MR) is 59.9 cm³/mol. The zero-order chi connectivity index (χ0) is 15.7. The maximum Gasteiger partial charge on any atom is 0.417 e. The van der Waals surface area contributed by atoms with E-state index in [1.807, 2.05) is 0 Å². The van der Waals surface area contributed by atoms with Crippen molar-refractivity contribution < 1.29 is 35.9 Å². The number of carbonyl (C=O) groups is 1. The third-order valence-corrected chi connectivity index (χ3v) is 3.20. The number of halogens is 7. The van der Waals surface area contributed by atoms with E-state index < -0.39 is 45.9 Å². The van der Waals surface area contributed by atoms with Crippen LogP contribution in [0.5, 0.6) is 0 Å². The third-order valence-electron chi connectivity index (χ3n) is 2.38. The molecule has 0 saturated heterocycles. The Balaban J connectivity index is 3.49. The van der Waals surface area contributed by atoms with Crippen molar-refractivity contribution >= 4 is 21.9 Å². The van der Waals surface area contributed by atoms with Crippen LogP contribution in [0, 0.1) is 0 Å². The fourth-order valence-electron chi connectivity index (χ4n) is 1.52. The van der Waals surface area contributed by atoms with Crippen molar-refractivity contribution in [1.29, 1.82) is 0 Å². The van der Waals surface area contributed by atoms with E-state index in [-0.39, 0.29) is 0 Å². The van der Waals surface area contributed by atoms with Crippen molar-refractivity contribution in [1.82, 2.24) is 0 Å². The van der Waals surface area contributed by atoms with Gasteiger partial charge in [0.1, 0.15) is 0 Å². The lowest BCUT2D eigenvalue weighted by molar-refractivity contribution is -0.145. The highest BCUT2D eigenvalue weighted by atomic mass is 79.9. The van der Waals surface area contributed by atoms with Gasteiger partial charge in [0.15, 0.2) is 0 Å². The van der Waals surface area contributed by atoms with Crippen LogP contribution < -0.4 is 0 Å². The zero-order valence-corrected chi connectivity index (χ0v) is 11.4.